The number of alkyl halides is 1. The average Bonchev–Trinajstić information content (AvgIpc) is 2.15. The molecule has 1 nitrogen and oxygen atoms in total. The second-order valence-corrected chi connectivity index (χ2v) is 3.48. The van der Waals surface area contributed by atoms with E-state index < -0.39 is 0 Å². The zero-order chi connectivity index (χ0) is 8.81. The zero-order valence-electron chi connectivity index (χ0n) is 7.01. The van der Waals surface area contributed by atoms with Crippen molar-refractivity contribution in [1.29, 1.82) is 0 Å². The molecule has 0 spiro atoms. The molecule has 0 aliphatic heterocycles. The largest absolute Gasteiger partial charge is 0.388 e. The average molecular weight is 185 g/mol. The van der Waals surface area contributed by atoms with Crippen LogP contribution in [-0.2, 0) is 0 Å². The summed E-state index contributed by atoms with van der Waals surface area (Å²) in [5.41, 5.74) is 1.08. The van der Waals surface area contributed by atoms with Crippen LogP contribution < -0.4 is 5.32 Å². The van der Waals surface area contributed by atoms with E-state index in [0.29, 0.717) is 5.75 Å². The predicted molar refractivity (Wildman–Crippen MR) is 52.7 cm³/mol. The highest BCUT2D eigenvalue weighted by molar-refractivity contribution is 7.99. The summed E-state index contributed by atoms with van der Waals surface area (Å²) in [6.45, 7) is -0.265. The van der Waals surface area contributed by atoms with Gasteiger partial charge in [-0.15, -0.1) is 11.8 Å². The van der Waals surface area contributed by atoms with Gasteiger partial charge in [-0.05, 0) is 24.3 Å². The first-order valence-corrected chi connectivity index (χ1v) is 4.82. The number of thioether (sulfide) groups is 1. The quantitative estimate of drug-likeness (QED) is 0.724. The summed E-state index contributed by atoms with van der Waals surface area (Å²) in [5.74, 6) is 0.541. The van der Waals surface area contributed by atoms with Crippen LogP contribution in [0.3, 0.4) is 0 Å². The molecular weight excluding hydrogens is 173 g/mol. The highest BCUT2D eigenvalue weighted by atomic mass is 32.2. The molecule has 1 aromatic carbocycles. The molecule has 0 bridgehead atoms. The summed E-state index contributed by atoms with van der Waals surface area (Å²) in [4.78, 5) is 1.12. The lowest BCUT2D eigenvalue weighted by atomic mass is 10.3. The van der Waals surface area contributed by atoms with Crippen LogP contribution in [0.1, 0.15) is 0 Å². The Kier molecular flexibility index (Phi) is 3.94. The van der Waals surface area contributed by atoms with Crippen LogP contribution in [-0.4, -0.2) is 19.5 Å². The Labute approximate surface area is 76.4 Å². The van der Waals surface area contributed by atoms with Gasteiger partial charge in [-0.3, -0.25) is 4.39 Å². The number of anilines is 1. The fraction of sp³-hybridized carbons (Fsp3) is 0.333. The van der Waals surface area contributed by atoms with E-state index in [1.165, 1.54) is 11.8 Å². The minimum Gasteiger partial charge on any atom is -0.388 e. The normalized spacial score (nSPS) is 9.83. The molecule has 66 valence electrons. The zero-order valence-corrected chi connectivity index (χ0v) is 7.83. The molecule has 0 aliphatic rings. The van der Waals surface area contributed by atoms with E-state index in [1.54, 1.807) is 0 Å². The van der Waals surface area contributed by atoms with Crippen molar-refractivity contribution in [3.05, 3.63) is 24.3 Å². The number of nitrogens with one attached hydrogen (secondary N) is 1. The van der Waals surface area contributed by atoms with E-state index in [9.17, 15) is 4.39 Å². The van der Waals surface area contributed by atoms with Crippen molar-refractivity contribution in [2.45, 2.75) is 4.90 Å². The third-order valence-electron chi connectivity index (χ3n) is 1.49. The maximum Gasteiger partial charge on any atom is 0.0988 e. The molecule has 0 aliphatic carbocycles. The molecule has 12 heavy (non-hydrogen) atoms. The summed E-state index contributed by atoms with van der Waals surface area (Å²) < 4.78 is 11.8. The summed E-state index contributed by atoms with van der Waals surface area (Å²) in [7, 11) is 1.88. The van der Waals surface area contributed by atoms with E-state index in [2.05, 4.69) is 5.32 Å². The van der Waals surface area contributed by atoms with Crippen molar-refractivity contribution in [1.82, 2.24) is 0 Å². The lowest BCUT2D eigenvalue weighted by Gasteiger charge is -2.01. The first-order valence-electron chi connectivity index (χ1n) is 3.83. The van der Waals surface area contributed by atoms with E-state index in [1.807, 2.05) is 31.3 Å². The molecule has 0 aromatic heterocycles. The van der Waals surface area contributed by atoms with Crippen LogP contribution in [0.4, 0.5) is 10.1 Å². The van der Waals surface area contributed by atoms with Crippen LogP contribution in [0.2, 0.25) is 0 Å². The minimum atomic E-state index is -0.265. The minimum absolute atomic E-state index is 0.265. The molecular formula is C9H12FNS. The molecule has 0 fully saturated rings. The molecule has 0 heterocycles. The van der Waals surface area contributed by atoms with Crippen LogP contribution in [0.15, 0.2) is 29.2 Å². The maximum absolute atomic E-state index is 11.8. The molecule has 1 N–H and O–H groups in total. The van der Waals surface area contributed by atoms with Gasteiger partial charge in [0.15, 0.2) is 0 Å². The Morgan fingerprint density at radius 3 is 2.50 bits per heavy atom. The highest BCUT2D eigenvalue weighted by Gasteiger charge is 1.92. The van der Waals surface area contributed by atoms with E-state index in [0.717, 1.165) is 10.6 Å². The fourth-order valence-electron chi connectivity index (χ4n) is 0.874. The molecule has 0 atom stereocenters. The second-order valence-electron chi connectivity index (χ2n) is 2.31. The molecule has 0 amide bonds. The Morgan fingerprint density at radius 1 is 1.33 bits per heavy atom. The third-order valence-corrected chi connectivity index (χ3v) is 2.45. The van der Waals surface area contributed by atoms with Gasteiger partial charge in [-0.1, -0.05) is 0 Å². The first-order chi connectivity index (χ1) is 5.86. The van der Waals surface area contributed by atoms with Gasteiger partial charge in [0.25, 0.3) is 0 Å². The van der Waals surface area contributed by atoms with Gasteiger partial charge in [0.2, 0.25) is 0 Å². The lowest BCUT2D eigenvalue weighted by molar-refractivity contribution is 0.533. The highest BCUT2D eigenvalue weighted by Crippen LogP contribution is 2.19. The van der Waals surface area contributed by atoms with Crippen molar-refractivity contribution < 1.29 is 4.39 Å². The number of hydrogen-bond donors (Lipinski definition) is 1. The number of halogens is 1. The van der Waals surface area contributed by atoms with Gasteiger partial charge in [-0.2, -0.15) is 0 Å². The molecule has 1 rings (SSSR count). The third kappa shape index (κ3) is 2.74. The summed E-state index contributed by atoms with van der Waals surface area (Å²) >= 11 is 1.54. The summed E-state index contributed by atoms with van der Waals surface area (Å²) in [6.07, 6.45) is 0. The molecule has 0 saturated carbocycles. The van der Waals surface area contributed by atoms with Crippen LogP contribution in [0.5, 0.6) is 0 Å². The van der Waals surface area contributed by atoms with Crippen molar-refractivity contribution in [3.63, 3.8) is 0 Å². The van der Waals surface area contributed by atoms with E-state index in [4.69, 9.17) is 0 Å². The van der Waals surface area contributed by atoms with Crippen molar-refractivity contribution >= 4 is 17.4 Å². The second kappa shape index (κ2) is 5.04. The van der Waals surface area contributed by atoms with Gasteiger partial charge in [0, 0.05) is 23.4 Å². The van der Waals surface area contributed by atoms with Crippen molar-refractivity contribution in [2.24, 2.45) is 0 Å². The summed E-state index contributed by atoms with van der Waals surface area (Å²) in [5, 5.41) is 3.03. The van der Waals surface area contributed by atoms with Crippen LogP contribution in [0, 0.1) is 0 Å². The van der Waals surface area contributed by atoms with E-state index >= 15 is 0 Å². The van der Waals surface area contributed by atoms with Gasteiger partial charge >= 0.3 is 0 Å². The fourth-order valence-corrected chi connectivity index (χ4v) is 1.52. The van der Waals surface area contributed by atoms with Gasteiger partial charge < -0.3 is 5.32 Å². The molecule has 1 aromatic rings. The standard InChI is InChI=1S/C9H12FNS/c1-11-8-2-4-9(5-3-8)12-7-6-10/h2-5,11H,6-7H2,1H3. The maximum atomic E-state index is 11.8. The Morgan fingerprint density at radius 2 is 2.00 bits per heavy atom. The Bertz CT molecular complexity index is 222. The SMILES string of the molecule is CNc1ccc(SCCF)cc1. The lowest BCUT2D eigenvalue weighted by Crippen LogP contribution is -1.86. The van der Waals surface area contributed by atoms with Gasteiger partial charge in [-0.25, -0.2) is 0 Å². The van der Waals surface area contributed by atoms with Crippen LogP contribution >= 0.6 is 11.8 Å². The number of benzene rings is 1. The van der Waals surface area contributed by atoms with E-state index in [-0.39, 0.29) is 6.67 Å². The van der Waals surface area contributed by atoms with Gasteiger partial charge in [0.05, 0.1) is 6.67 Å². The smallest absolute Gasteiger partial charge is 0.0988 e. The first kappa shape index (κ1) is 9.39. The van der Waals surface area contributed by atoms with Crippen molar-refractivity contribution in [3.8, 4) is 0 Å². The summed E-state index contributed by atoms with van der Waals surface area (Å²) in [6, 6.07) is 7.96. The van der Waals surface area contributed by atoms with Crippen molar-refractivity contribution in [2.75, 3.05) is 24.8 Å². The molecule has 0 unspecified atom stereocenters. The Hall–Kier alpha value is -0.700. The van der Waals surface area contributed by atoms with Gasteiger partial charge in [0.1, 0.15) is 0 Å². The van der Waals surface area contributed by atoms with Crippen LogP contribution in [0.25, 0.3) is 0 Å². The molecule has 0 saturated heterocycles. The topological polar surface area (TPSA) is 12.0 Å². The number of rotatable bonds is 4. The predicted octanol–water partition coefficient (Wildman–Crippen LogP) is 2.79. The molecule has 0 radical (unpaired) electrons. The Balaban J connectivity index is 2.53. The molecule has 3 heteroatoms. The number of hydrogen-bond acceptors (Lipinski definition) is 2. The monoisotopic (exact) mass is 185 g/mol.